The highest BCUT2D eigenvalue weighted by Gasteiger charge is 2.40. The molecule has 2 unspecified atom stereocenters. The Bertz CT molecular complexity index is 646. The van der Waals surface area contributed by atoms with E-state index in [0.717, 1.165) is 30.3 Å². The normalized spacial score (nSPS) is 26.6. The molecule has 0 radical (unpaired) electrons. The van der Waals surface area contributed by atoms with Gasteiger partial charge in [-0.1, -0.05) is 29.8 Å². The van der Waals surface area contributed by atoms with E-state index < -0.39 is 0 Å². The predicted octanol–water partition coefficient (Wildman–Crippen LogP) is 4.17. The number of rotatable bonds is 6. The van der Waals surface area contributed by atoms with E-state index in [9.17, 15) is 0 Å². The lowest BCUT2D eigenvalue weighted by Crippen LogP contribution is -2.44. The molecule has 4 rings (SSSR count). The number of nitrogens with zero attached hydrogens (tertiary/aromatic N) is 3. The van der Waals surface area contributed by atoms with Gasteiger partial charge in [0.25, 0.3) is 0 Å². The van der Waals surface area contributed by atoms with Crippen LogP contribution in [0.25, 0.3) is 0 Å². The number of benzene rings is 1. The Balaban J connectivity index is 1.27. The average molecular weight is 346 g/mol. The summed E-state index contributed by atoms with van der Waals surface area (Å²) in [7, 11) is 0. The van der Waals surface area contributed by atoms with Crippen molar-refractivity contribution in [2.75, 3.05) is 13.2 Å². The fraction of sp³-hybridized carbons (Fsp3) is 0.526. The average Bonchev–Trinajstić information content (AvgIpc) is 3.13. The van der Waals surface area contributed by atoms with Crippen molar-refractivity contribution in [3.05, 3.63) is 47.7 Å². The van der Waals surface area contributed by atoms with Gasteiger partial charge in [-0.2, -0.15) is 5.10 Å². The lowest BCUT2D eigenvalue weighted by atomic mass is 9.97. The van der Waals surface area contributed by atoms with E-state index in [1.807, 2.05) is 36.5 Å². The van der Waals surface area contributed by atoms with Gasteiger partial charge in [0.2, 0.25) is 0 Å². The predicted molar refractivity (Wildman–Crippen MR) is 95.6 cm³/mol. The number of fused-ring (bicyclic) bond motifs is 2. The lowest BCUT2D eigenvalue weighted by Gasteiger charge is -2.39. The molecule has 2 fully saturated rings. The third kappa shape index (κ3) is 3.45. The molecule has 0 saturated carbocycles. The number of piperidine rings is 1. The topological polar surface area (TPSA) is 30.3 Å². The summed E-state index contributed by atoms with van der Waals surface area (Å²) in [5, 5.41) is 5.16. The fourth-order valence-electron chi connectivity index (χ4n) is 4.29. The third-order valence-electron chi connectivity index (χ3n) is 5.38. The second-order valence-electron chi connectivity index (χ2n) is 6.90. The van der Waals surface area contributed by atoms with E-state index in [4.69, 9.17) is 16.3 Å². The van der Waals surface area contributed by atoms with Crippen LogP contribution in [-0.4, -0.2) is 39.9 Å². The fourth-order valence-corrected chi connectivity index (χ4v) is 4.44. The van der Waals surface area contributed by atoms with Crippen molar-refractivity contribution in [1.82, 2.24) is 14.7 Å². The summed E-state index contributed by atoms with van der Waals surface area (Å²) in [4.78, 5) is 2.70. The minimum Gasteiger partial charge on any atom is -0.494 e. The van der Waals surface area contributed by atoms with Gasteiger partial charge in [-0.3, -0.25) is 9.58 Å². The largest absolute Gasteiger partial charge is 0.494 e. The van der Waals surface area contributed by atoms with E-state index in [1.54, 1.807) is 6.20 Å². The molecule has 1 aromatic heterocycles. The lowest BCUT2D eigenvalue weighted by molar-refractivity contribution is 0.0959. The number of ether oxygens (including phenoxy) is 1. The Morgan fingerprint density at radius 3 is 2.50 bits per heavy atom. The van der Waals surface area contributed by atoms with Gasteiger partial charge in [-0.05, 0) is 44.2 Å². The Kier molecular flexibility index (Phi) is 4.76. The van der Waals surface area contributed by atoms with E-state index in [-0.39, 0.29) is 0 Å². The van der Waals surface area contributed by atoms with Gasteiger partial charge in [0.1, 0.15) is 5.75 Å². The first-order valence-corrected chi connectivity index (χ1v) is 9.30. The van der Waals surface area contributed by atoms with E-state index in [1.165, 1.54) is 25.7 Å². The van der Waals surface area contributed by atoms with Crippen molar-refractivity contribution >= 4 is 11.6 Å². The van der Waals surface area contributed by atoms with Crippen LogP contribution in [0.2, 0.25) is 5.02 Å². The molecule has 0 N–H and O–H groups in total. The molecule has 0 spiro atoms. The first kappa shape index (κ1) is 16.0. The maximum atomic E-state index is 6.02. The first-order chi connectivity index (χ1) is 11.8. The minimum absolute atomic E-state index is 0.506. The Labute approximate surface area is 148 Å². The molecule has 2 aliphatic rings. The van der Waals surface area contributed by atoms with Crippen LogP contribution in [0.3, 0.4) is 0 Å². The number of aromatic nitrogens is 2. The molecule has 0 aliphatic carbocycles. The Hall–Kier alpha value is -1.52. The van der Waals surface area contributed by atoms with Crippen LogP contribution >= 0.6 is 11.6 Å². The number of halogens is 1. The highest BCUT2D eigenvalue weighted by atomic mass is 35.5. The zero-order valence-corrected chi connectivity index (χ0v) is 14.6. The number of hydrogen-bond donors (Lipinski definition) is 0. The molecule has 2 aromatic rings. The van der Waals surface area contributed by atoms with Crippen molar-refractivity contribution in [3.8, 4) is 5.75 Å². The number of hydrogen-bond acceptors (Lipinski definition) is 3. The summed E-state index contributed by atoms with van der Waals surface area (Å²) in [6.07, 6.45) is 9.81. The molecule has 2 aliphatic heterocycles. The summed E-state index contributed by atoms with van der Waals surface area (Å²) < 4.78 is 7.90. The van der Waals surface area contributed by atoms with Crippen molar-refractivity contribution in [2.24, 2.45) is 0 Å². The zero-order valence-electron chi connectivity index (χ0n) is 13.9. The van der Waals surface area contributed by atoms with E-state index >= 15 is 0 Å². The molecule has 5 heteroatoms. The second kappa shape index (κ2) is 7.16. The summed E-state index contributed by atoms with van der Waals surface area (Å²) in [6.45, 7) is 1.92. The molecule has 2 atom stereocenters. The van der Waals surface area contributed by atoms with Crippen LogP contribution in [-0.2, 0) is 0 Å². The smallest absolute Gasteiger partial charge is 0.119 e. The molecular weight excluding hydrogens is 322 g/mol. The summed E-state index contributed by atoms with van der Waals surface area (Å²) in [6, 6.07) is 12.0. The molecule has 3 heterocycles. The monoisotopic (exact) mass is 345 g/mol. The van der Waals surface area contributed by atoms with Gasteiger partial charge in [0.15, 0.2) is 0 Å². The minimum atomic E-state index is 0.506. The quantitative estimate of drug-likeness (QED) is 0.736. The van der Waals surface area contributed by atoms with E-state index in [2.05, 4.69) is 14.7 Å². The maximum Gasteiger partial charge on any atom is 0.119 e. The van der Waals surface area contributed by atoms with Gasteiger partial charge < -0.3 is 4.74 Å². The van der Waals surface area contributed by atoms with Gasteiger partial charge in [0, 0.05) is 24.8 Å². The third-order valence-corrected chi connectivity index (χ3v) is 5.57. The maximum absolute atomic E-state index is 6.02. The van der Waals surface area contributed by atoms with Gasteiger partial charge in [0.05, 0.1) is 23.9 Å². The van der Waals surface area contributed by atoms with Crippen molar-refractivity contribution < 1.29 is 4.74 Å². The molecule has 2 bridgehead atoms. The summed E-state index contributed by atoms with van der Waals surface area (Å²) in [5.74, 6) is 0.967. The first-order valence-electron chi connectivity index (χ1n) is 8.93. The SMILES string of the molecule is Clc1cnn(C2CC3CCC(C2)N3CCCOc2ccccc2)c1. The highest BCUT2D eigenvalue weighted by molar-refractivity contribution is 6.30. The molecule has 128 valence electrons. The van der Waals surface area contributed by atoms with Crippen molar-refractivity contribution in [1.29, 1.82) is 0 Å². The zero-order chi connectivity index (χ0) is 16.4. The van der Waals surface area contributed by atoms with Crippen LogP contribution in [0.4, 0.5) is 0 Å². The molecule has 2 saturated heterocycles. The van der Waals surface area contributed by atoms with Crippen LogP contribution in [0.1, 0.15) is 38.1 Å². The van der Waals surface area contributed by atoms with Crippen LogP contribution in [0.5, 0.6) is 5.75 Å². The summed E-state index contributed by atoms with van der Waals surface area (Å²) >= 11 is 6.02. The van der Waals surface area contributed by atoms with Crippen molar-refractivity contribution in [3.63, 3.8) is 0 Å². The van der Waals surface area contributed by atoms with Crippen LogP contribution in [0, 0.1) is 0 Å². The Morgan fingerprint density at radius 1 is 1.08 bits per heavy atom. The molecule has 24 heavy (non-hydrogen) atoms. The van der Waals surface area contributed by atoms with Gasteiger partial charge in [-0.15, -0.1) is 0 Å². The number of para-hydroxylation sites is 1. The van der Waals surface area contributed by atoms with Gasteiger partial charge in [-0.25, -0.2) is 0 Å². The summed E-state index contributed by atoms with van der Waals surface area (Å²) in [5.41, 5.74) is 0. The van der Waals surface area contributed by atoms with Crippen molar-refractivity contribution in [2.45, 2.75) is 50.2 Å². The second-order valence-corrected chi connectivity index (χ2v) is 7.34. The molecule has 1 aromatic carbocycles. The molecular formula is C19H24ClN3O. The van der Waals surface area contributed by atoms with Gasteiger partial charge >= 0.3 is 0 Å². The standard InChI is InChI=1S/C19H24ClN3O/c20-15-13-21-23(14-15)18-11-16-7-8-17(12-18)22(16)9-4-10-24-19-5-2-1-3-6-19/h1-3,5-6,13-14,16-18H,4,7-12H2. The van der Waals surface area contributed by atoms with Crippen LogP contribution < -0.4 is 4.74 Å². The molecule has 0 amide bonds. The van der Waals surface area contributed by atoms with E-state index in [0.29, 0.717) is 18.1 Å². The molecule has 4 nitrogen and oxygen atoms in total. The van der Waals surface area contributed by atoms with Crippen LogP contribution in [0.15, 0.2) is 42.7 Å². The Morgan fingerprint density at radius 2 is 1.83 bits per heavy atom. The highest BCUT2D eigenvalue weighted by Crippen LogP contribution is 2.40.